The maximum atomic E-state index is 4.96. The van der Waals surface area contributed by atoms with E-state index in [1.54, 1.807) is 0 Å². The summed E-state index contributed by atoms with van der Waals surface area (Å²) in [6, 6.07) is 5.45. The zero-order valence-corrected chi connectivity index (χ0v) is 15.3. The van der Waals surface area contributed by atoms with Gasteiger partial charge in [-0.1, -0.05) is 0 Å². The normalized spacial score (nSPS) is 22.0. The van der Waals surface area contributed by atoms with Crippen molar-refractivity contribution in [3.63, 3.8) is 0 Å². The van der Waals surface area contributed by atoms with Gasteiger partial charge in [-0.3, -0.25) is 0 Å². The highest BCUT2D eigenvalue weighted by atomic mass is 15.3. The first-order valence-corrected chi connectivity index (χ1v) is 10.1. The zero-order valence-electron chi connectivity index (χ0n) is 15.3. The van der Waals surface area contributed by atoms with E-state index in [9.17, 15) is 0 Å². The van der Waals surface area contributed by atoms with Crippen molar-refractivity contribution in [1.82, 2.24) is 14.9 Å². The quantitative estimate of drug-likeness (QED) is 0.840. The van der Waals surface area contributed by atoms with Gasteiger partial charge in [-0.25, -0.2) is 9.97 Å². The van der Waals surface area contributed by atoms with Crippen molar-refractivity contribution < 1.29 is 0 Å². The molecule has 1 aliphatic carbocycles. The highest BCUT2D eigenvalue weighted by Crippen LogP contribution is 2.30. The zero-order chi connectivity index (χ0) is 16.8. The lowest BCUT2D eigenvalue weighted by Gasteiger charge is -2.36. The number of nitrogens with zero attached hydrogens (tertiary/aromatic N) is 4. The maximum absolute atomic E-state index is 4.96. The fourth-order valence-electron chi connectivity index (χ4n) is 5.02. The Kier molecular flexibility index (Phi) is 3.89. The average Bonchev–Trinajstić information content (AvgIpc) is 3.32. The Bertz CT molecular complexity index is 786. The molecule has 5 rings (SSSR count). The average molecular weight is 336 g/mol. The van der Waals surface area contributed by atoms with Crippen molar-refractivity contribution in [2.24, 2.45) is 0 Å². The second-order valence-electron chi connectivity index (χ2n) is 8.06. The van der Waals surface area contributed by atoms with Gasteiger partial charge in [-0.15, -0.1) is 0 Å². The van der Waals surface area contributed by atoms with Gasteiger partial charge in [-0.2, -0.15) is 0 Å². The molecule has 1 aromatic carbocycles. The number of hydrogen-bond acceptors (Lipinski definition) is 4. The molecule has 2 aliphatic heterocycles. The number of likely N-dealkylation sites (tertiary alicyclic amines) is 1. The van der Waals surface area contributed by atoms with E-state index in [1.807, 2.05) is 0 Å². The summed E-state index contributed by atoms with van der Waals surface area (Å²) in [6.07, 6.45) is 9.00. The predicted molar refractivity (Wildman–Crippen MR) is 102 cm³/mol. The summed E-state index contributed by atoms with van der Waals surface area (Å²) in [4.78, 5) is 14.9. The van der Waals surface area contributed by atoms with Crippen LogP contribution in [0.2, 0.25) is 0 Å². The number of aryl methyl sites for hydroxylation is 3. The summed E-state index contributed by atoms with van der Waals surface area (Å²) in [7, 11) is 0. The minimum atomic E-state index is 0.781. The van der Waals surface area contributed by atoms with Crippen LogP contribution < -0.4 is 4.90 Å². The number of rotatable bonds is 2. The SMILES string of the molecule is Cc1nc(N2CCC(N3CCCC3)CC2)nc2cc3c(cc12)CCC3. The highest BCUT2D eigenvalue weighted by molar-refractivity contribution is 5.84. The van der Waals surface area contributed by atoms with Gasteiger partial charge in [0.1, 0.15) is 0 Å². The van der Waals surface area contributed by atoms with E-state index in [0.29, 0.717) is 0 Å². The van der Waals surface area contributed by atoms with Crippen LogP contribution in [0.25, 0.3) is 10.9 Å². The van der Waals surface area contributed by atoms with Crippen molar-refractivity contribution in [2.45, 2.75) is 57.9 Å². The van der Waals surface area contributed by atoms with Crippen molar-refractivity contribution >= 4 is 16.9 Å². The van der Waals surface area contributed by atoms with Gasteiger partial charge in [0.05, 0.1) is 11.2 Å². The number of fused-ring (bicyclic) bond motifs is 2. The fraction of sp³-hybridized carbons (Fsp3) is 0.619. The van der Waals surface area contributed by atoms with E-state index in [1.165, 1.54) is 74.5 Å². The molecule has 0 radical (unpaired) electrons. The number of piperidine rings is 1. The molecular weight excluding hydrogens is 308 g/mol. The van der Waals surface area contributed by atoms with Crippen molar-refractivity contribution in [3.8, 4) is 0 Å². The smallest absolute Gasteiger partial charge is 0.226 e. The van der Waals surface area contributed by atoms with E-state index in [4.69, 9.17) is 9.97 Å². The molecule has 3 aliphatic rings. The molecular formula is C21H28N4. The monoisotopic (exact) mass is 336 g/mol. The Morgan fingerprint density at radius 1 is 0.880 bits per heavy atom. The molecule has 0 amide bonds. The molecule has 3 heterocycles. The predicted octanol–water partition coefficient (Wildman–Crippen LogP) is 3.49. The molecule has 0 saturated carbocycles. The molecule has 2 saturated heterocycles. The van der Waals surface area contributed by atoms with Crippen LogP contribution in [0.5, 0.6) is 0 Å². The van der Waals surface area contributed by atoms with Crippen LogP contribution in [0.1, 0.15) is 48.9 Å². The summed E-state index contributed by atoms with van der Waals surface area (Å²) in [5.41, 5.74) is 5.30. The van der Waals surface area contributed by atoms with Crippen LogP contribution in [-0.4, -0.2) is 47.1 Å². The minimum Gasteiger partial charge on any atom is -0.341 e. The van der Waals surface area contributed by atoms with E-state index >= 15 is 0 Å². The van der Waals surface area contributed by atoms with E-state index < -0.39 is 0 Å². The number of benzene rings is 1. The molecule has 0 unspecified atom stereocenters. The van der Waals surface area contributed by atoms with Crippen LogP contribution in [0.15, 0.2) is 12.1 Å². The third-order valence-electron chi connectivity index (χ3n) is 6.49. The van der Waals surface area contributed by atoms with Crippen molar-refractivity contribution in [2.75, 3.05) is 31.1 Å². The Labute approximate surface area is 150 Å². The third kappa shape index (κ3) is 2.80. The Hall–Kier alpha value is -1.68. The lowest BCUT2D eigenvalue weighted by Crippen LogP contribution is -2.44. The standard InChI is InChI=1S/C21H28N4/c1-15-19-13-16-5-4-6-17(16)14-20(19)23-21(22-15)25-11-7-18(8-12-25)24-9-2-3-10-24/h13-14,18H,2-12H2,1H3. The van der Waals surface area contributed by atoms with Crippen LogP contribution in [0, 0.1) is 6.92 Å². The summed E-state index contributed by atoms with van der Waals surface area (Å²) < 4.78 is 0. The molecule has 2 fully saturated rings. The molecule has 4 heteroatoms. The molecule has 0 spiro atoms. The highest BCUT2D eigenvalue weighted by Gasteiger charge is 2.27. The van der Waals surface area contributed by atoms with E-state index in [2.05, 4.69) is 28.9 Å². The topological polar surface area (TPSA) is 32.3 Å². The van der Waals surface area contributed by atoms with Gasteiger partial charge >= 0.3 is 0 Å². The van der Waals surface area contributed by atoms with Gasteiger partial charge in [-0.05, 0) is 88.2 Å². The van der Waals surface area contributed by atoms with Crippen molar-refractivity contribution in [1.29, 1.82) is 0 Å². The second kappa shape index (κ2) is 6.24. The number of anilines is 1. The molecule has 1 aromatic heterocycles. The summed E-state index contributed by atoms with van der Waals surface area (Å²) in [5.74, 6) is 0.947. The van der Waals surface area contributed by atoms with Gasteiger partial charge in [0.15, 0.2) is 0 Å². The van der Waals surface area contributed by atoms with Gasteiger partial charge in [0.2, 0.25) is 5.95 Å². The Morgan fingerprint density at radius 2 is 1.60 bits per heavy atom. The first-order chi connectivity index (χ1) is 12.3. The summed E-state index contributed by atoms with van der Waals surface area (Å²) >= 11 is 0. The van der Waals surface area contributed by atoms with Gasteiger partial charge in [0, 0.05) is 24.5 Å². The van der Waals surface area contributed by atoms with Crippen LogP contribution in [0.3, 0.4) is 0 Å². The molecule has 0 N–H and O–H groups in total. The van der Waals surface area contributed by atoms with E-state index in [-0.39, 0.29) is 0 Å². The fourth-order valence-corrected chi connectivity index (χ4v) is 5.02. The number of hydrogen-bond donors (Lipinski definition) is 0. The Morgan fingerprint density at radius 3 is 2.36 bits per heavy atom. The first kappa shape index (κ1) is 15.6. The van der Waals surface area contributed by atoms with Gasteiger partial charge < -0.3 is 9.80 Å². The Balaban J connectivity index is 1.39. The largest absolute Gasteiger partial charge is 0.341 e. The molecule has 4 nitrogen and oxygen atoms in total. The molecule has 132 valence electrons. The second-order valence-corrected chi connectivity index (χ2v) is 8.06. The molecule has 0 bridgehead atoms. The third-order valence-corrected chi connectivity index (χ3v) is 6.49. The molecule has 0 atom stereocenters. The summed E-state index contributed by atoms with van der Waals surface area (Å²) in [6.45, 7) is 6.95. The van der Waals surface area contributed by atoms with Gasteiger partial charge in [0.25, 0.3) is 0 Å². The first-order valence-electron chi connectivity index (χ1n) is 10.1. The van der Waals surface area contributed by atoms with Crippen LogP contribution in [0.4, 0.5) is 5.95 Å². The maximum Gasteiger partial charge on any atom is 0.226 e. The lowest BCUT2D eigenvalue weighted by atomic mass is 10.0. The molecule has 2 aromatic rings. The van der Waals surface area contributed by atoms with E-state index in [0.717, 1.165) is 36.3 Å². The summed E-state index contributed by atoms with van der Waals surface area (Å²) in [5, 5.41) is 1.25. The minimum absolute atomic E-state index is 0.781. The van der Waals surface area contributed by atoms with Crippen LogP contribution in [-0.2, 0) is 12.8 Å². The van der Waals surface area contributed by atoms with Crippen LogP contribution >= 0.6 is 0 Å². The van der Waals surface area contributed by atoms with Crippen molar-refractivity contribution in [3.05, 3.63) is 29.0 Å². The lowest BCUT2D eigenvalue weighted by molar-refractivity contribution is 0.207. The molecule has 25 heavy (non-hydrogen) atoms. The number of aromatic nitrogens is 2.